The molecule has 108 valence electrons. The molecule has 0 atom stereocenters. The molecule has 21 heavy (non-hydrogen) atoms. The molecule has 3 rings (SSSR count). The zero-order valence-electron chi connectivity index (χ0n) is 11.1. The van der Waals surface area contributed by atoms with E-state index in [1.165, 1.54) is 11.1 Å². The molecule has 0 saturated carbocycles. The van der Waals surface area contributed by atoms with Gasteiger partial charge in [-0.1, -0.05) is 12.1 Å². The monoisotopic (exact) mass is 291 g/mol. The van der Waals surface area contributed by atoms with Crippen LogP contribution >= 0.6 is 0 Å². The van der Waals surface area contributed by atoms with Gasteiger partial charge in [0.05, 0.1) is 17.8 Å². The van der Waals surface area contributed by atoms with Crippen LogP contribution in [0, 0.1) is 6.92 Å². The third-order valence-corrected chi connectivity index (χ3v) is 3.45. The summed E-state index contributed by atoms with van der Waals surface area (Å²) in [6.07, 6.45) is 2.38. The minimum atomic E-state index is -2.74. The fourth-order valence-corrected chi connectivity index (χ4v) is 2.48. The fourth-order valence-electron chi connectivity index (χ4n) is 2.48. The van der Waals surface area contributed by atoms with Crippen LogP contribution < -0.4 is 4.90 Å². The SMILES string of the molecule is Cc1cccc2c1N(Cc1nccn1C(F)F)C(=O)C2=O. The number of carbonyl (C=O) groups is 2. The molecule has 0 saturated heterocycles. The Morgan fingerprint density at radius 2 is 2.05 bits per heavy atom. The number of halogens is 2. The molecule has 0 fully saturated rings. The van der Waals surface area contributed by atoms with Crippen molar-refractivity contribution in [2.75, 3.05) is 4.90 Å². The lowest BCUT2D eigenvalue weighted by molar-refractivity contribution is -0.114. The summed E-state index contributed by atoms with van der Waals surface area (Å²) >= 11 is 0. The number of aryl methyl sites for hydroxylation is 1. The van der Waals surface area contributed by atoms with Crippen molar-refractivity contribution in [2.24, 2.45) is 0 Å². The van der Waals surface area contributed by atoms with Crippen LogP contribution in [0.25, 0.3) is 0 Å². The van der Waals surface area contributed by atoms with E-state index in [2.05, 4.69) is 4.98 Å². The van der Waals surface area contributed by atoms with E-state index in [0.29, 0.717) is 15.8 Å². The van der Waals surface area contributed by atoms with E-state index in [1.54, 1.807) is 25.1 Å². The molecule has 2 aromatic rings. The van der Waals surface area contributed by atoms with E-state index in [-0.39, 0.29) is 12.4 Å². The van der Waals surface area contributed by atoms with Gasteiger partial charge in [0.1, 0.15) is 5.82 Å². The van der Waals surface area contributed by atoms with Gasteiger partial charge in [0, 0.05) is 12.4 Å². The molecule has 0 aliphatic carbocycles. The zero-order valence-corrected chi connectivity index (χ0v) is 11.1. The highest BCUT2D eigenvalue weighted by Crippen LogP contribution is 2.33. The van der Waals surface area contributed by atoms with Gasteiger partial charge in [-0.3, -0.25) is 19.1 Å². The van der Waals surface area contributed by atoms with Crippen molar-refractivity contribution in [1.29, 1.82) is 0 Å². The number of imidazole rings is 1. The van der Waals surface area contributed by atoms with Crippen molar-refractivity contribution in [2.45, 2.75) is 20.0 Å². The molecule has 1 aromatic carbocycles. The molecule has 0 N–H and O–H groups in total. The third-order valence-electron chi connectivity index (χ3n) is 3.45. The lowest BCUT2D eigenvalue weighted by Gasteiger charge is -2.18. The first-order chi connectivity index (χ1) is 10.0. The zero-order chi connectivity index (χ0) is 15.1. The van der Waals surface area contributed by atoms with E-state index >= 15 is 0 Å². The number of para-hydroxylation sites is 1. The van der Waals surface area contributed by atoms with E-state index in [4.69, 9.17) is 0 Å². The molecule has 2 heterocycles. The van der Waals surface area contributed by atoms with Crippen LogP contribution in [0.4, 0.5) is 14.5 Å². The third kappa shape index (κ3) is 2.01. The maximum atomic E-state index is 12.8. The van der Waals surface area contributed by atoms with Crippen LogP contribution in [0.5, 0.6) is 0 Å². The predicted molar refractivity (Wildman–Crippen MR) is 70.2 cm³/mol. The van der Waals surface area contributed by atoms with Crippen molar-refractivity contribution >= 4 is 17.4 Å². The molecule has 1 amide bonds. The van der Waals surface area contributed by atoms with Gasteiger partial charge < -0.3 is 0 Å². The summed E-state index contributed by atoms with van der Waals surface area (Å²) in [6.45, 7) is -1.15. The summed E-state index contributed by atoms with van der Waals surface area (Å²) < 4.78 is 26.3. The highest BCUT2D eigenvalue weighted by Gasteiger charge is 2.37. The largest absolute Gasteiger partial charge is 0.319 e. The molecule has 0 unspecified atom stereocenters. The number of hydrogen-bond acceptors (Lipinski definition) is 3. The molecule has 1 aliphatic rings. The molecule has 0 bridgehead atoms. The predicted octanol–water partition coefficient (Wildman–Crippen LogP) is 2.32. The minimum Gasteiger partial charge on any atom is -0.297 e. The summed E-state index contributed by atoms with van der Waals surface area (Å²) in [4.78, 5) is 29.1. The number of fused-ring (bicyclic) bond motifs is 1. The number of carbonyl (C=O) groups excluding carboxylic acids is 2. The molecular weight excluding hydrogens is 280 g/mol. The second-order valence-corrected chi connectivity index (χ2v) is 4.72. The maximum Gasteiger partial charge on any atom is 0.319 e. The number of nitrogens with zero attached hydrogens (tertiary/aromatic N) is 3. The summed E-state index contributed by atoms with van der Waals surface area (Å²) in [5.74, 6) is -1.31. The Morgan fingerprint density at radius 1 is 1.29 bits per heavy atom. The standard InChI is InChI=1S/C14H11F2N3O2/c1-8-3-2-4-9-11(8)19(13(21)12(9)20)7-10-17-5-6-18(10)14(15)16/h2-6,14H,7H2,1H3. The van der Waals surface area contributed by atoms with E-state index < -0.39 is 18.2 Å². The number of Topliss-reactive ketones (excluding diaryl/α,β-unsaturated/α-hetero) is 1. The molecule has 1 aliphatic heterocycles. The van der Waals surface area contributed by atoms with Gasteiger partial charge in [0.25, 0.3) is 11.7 Å². The smallest absolute Gasteiger partial charge is 0.297 e. The fraction of sp³-hybridized carbons (Fsp3) is 0.214. The topological polar surface area (TPSA) is 55.2 Å². The average molecular weight is 291 g/mol. The second-order valence-electron chi connectivity index (χ2n) is 4.72. The van der Waals surface area contributed by atoms with Gasteiger partial charge in [-0.15, -0.1) is 0 Å². The number of hydrogen-bond donors (Lipinski definition) is 0. The first-order valence-electron chi connectivity index (χ1n) is 6.26. The Balaban J connectivity index is 2.03. The Bertz CT molecular complexity index is 740. The Kier molecular flexibility index (Phi) is 3.04. The molecule has 0 radical (unpaired) electrons. The Morgan fingerprint density at radius 3 is 2.76 bits per heavy atom. The summed E-state index contributed by atoms with van der Waals surface area (Å²) in [5.41, 5.74) is 1.51. The van der Waals surface area contributed by atoms with E-state index in [0.717, 1.165) is 11.8 Å². The molecule has 5 nitrogen and oxygen atoms in total. The van der Waals surface area contributed by atoms with Crippen LogP contribution in [0.1, 0.15) is 28.3 Å². The first kappa shape index (κ1) is 13.4. The summed E-state index contributed by atoms with van der Waals surface area (Å²) in [6, 6.07) is 5.00. The van der Waals surface area contributed by atoms with E-state index in [9.17, 15) is 18.4 Å². The van der Waals surface area contributed by atoms with Gasteiger partial charge in [-0.05, 0) is 18.6 Å². The number of benzene rings is 1. The van der Waals surface area contributed by atoms with Crippen LogP contribution in [0.2, 0.25) is 0 Å². The molecular formula is C14H11F2N3O2. The normalized spacial score (nSPS) is 14.2. The Hall–Kier alpha value is -2.57. The number of aromatic nitrogens is 2. The van der Waals surface area contributed by atoms with Crippen LogP contribution in [-0.4, -0.2) is 21.2 Å². The number of alkyl halides is 2. The maximum absolute atomic E-state index is 12.8. The van der Waals surface area contributed by atoms with Crippen LogP contribution in [-0.2, 0) is 11.3 Å². The highest BCUT2D eigenvalue weighted by molar-refractivity contribution is 6.52. The number of ketones is 1. The lowest BCUT2D eigenvalue weighted by Crippen LogP contribution is -2.30. The van der Waals surface area contributed by atoms with Crippen molar-refractivity contribution < 1.29 is 18.4 Å². The number of rotatable bonds is 3. The van der Waals surface area contributed by atoms with Crippen LogP contribution in [0.3, 0.4) is 0 Å². The van der Waals surface area contributed by atoms with E-state index in [1.807, 2.05) is 0 Å². The van der Waals surface area contributed by atoms with Crippen LogP contribution in [0.15, 0.2) is 30.6 Å². The van der Waals surface area contributed by atoms with Crippen molar-refractivity contribution in [1.82, 2.24) is 9.55 Å². The molecule has 1 aromatic heterocycles. The summed E-state index contributed by atoms with van der Waals surface area (Å²) in [5, 5.41) is 0. The quantitative estimate of drug-likeness (QED) is 0.815. The number of amides is 1. The minimum absolute atomic E-state index is 0.0299. The molecule has 0 spiro atoms. The Labute approximate surface area is 118 Å². The highest BCUT2D eigenvalue weighted by atomic mass is 19.3. The van der Waals surface area contributed by atoms with Gasteiger partial charge >= 0.3 is 6.55 Å². The van der Waals surface area contributed by atoms with Gasteiger partial charge in [0.2, 0.25) is 0 Å². The van der Waals surface area contributed by atoms with Crippen molar-refractivity contribution in [3.8, 4) is 0 Å². The van der Waals surface area contributed by atoms with Gasteiger partial charge in [0.15, 0.2) is 0 Å². The van der Waals surface area contributed by atoms with Crippen molar-refractivity contribution in [3.63, 3.8) is 0 Å². The van der Waals surface area contributed by atoms with Gasteiger partial charge in [-0.2, -0.15) is 8.78 Å². The number of anilines is 1. The van der Waals surface area contributed by atoms with Crippen molar-refractivity contribution in [3.05, 3.63) is 47.5 Å². The summed E-state index contributed by atoms with van der Waals surface area (Å²) in [7, 11) is 0. The average Bonchev–Trinajstić information content (AvgIpc) is 2.99. The van der Waals surface area contributed by atoms with Gasteiger partial charge in [-0.25, -0.2) is 4.98 Å². The molecule has 7 heteroatoms. The lowest BCUT2D eigenvalue weighted by atomic mass is 10.1. The first-order valence-corrected chi connectivity index (χ1v) is 6.26. The second kappa shape index (κ2) is 4.76.